The third-order valence-electron chi connectivity index (χ3n) is 3.21. The van der Waals surface area contributed by atoms with Crippen LogP contribution in [0.15, 0.2) is 18.2 Å². The number of ether oxygens (including phenoxy) is 1. The maximum Gasteiger partial charge on any atom is 0.228 e. The predicted octanol–water partition coefficient (Wildman–Crippen LogP) is 2.95. The monoisotopic (exact) mass is 278 g/mol. The average molecular weight is 278 g/mol. The number of amides is 1. The molecule has 1 amide bonds. The smallest absolute Gasteiger partial charge is 0.228 e. The normalized spacial score (nSPS) is 12.9. The van der Waals surface area contributed by atoms with Crippen molar-refractivity contribution in [1.29, 1.82) is 0 Å². The number of hydrogen-bond donors (Lipinski definition) is 2. The summed E-state index contributed by atoms with van der Waals surface area (Å²) in [6.07, 6.45) is 0.768. The van der Waals surface area contributed by atoms with E-state index in [1.165, 1.54) is 0 Å². The van der Waals surface area contributed by atoms with Crippen molar-refractivity contribution in [2.45, 2.75) is 34.1 Å². The van der Waals surface area contributed by atoms with Crippen LogP contribution in [0.4, 0.5) is 5.69 Å². The first-order valence-corrected chi connectivity index (χ1v) is 6.92. The summed E-state index contributed by atoms with van der Waals surface area (Å²) in [6, 6.07) is 5.59. The fourth-order valence-corrected chi connectivity index (χ4v) is 2.16. The molecule has 112 valence electrons. The molecule has 4 nitrogen and oxygen atoms in total. The van der Waals surface area contributed by atoms with Crippen LogP contribution in [0.25, 0.3) is 0 Å². The number of rotatable bonds is 5. The summed E-state index contributed by atoms with van der Waals surface area (Å²) >= 11 is 0. The van der Waals surface area contributed by atoms with Crippen LogP contribution in [-0.2, 0) is 4.79 Å². The van der Waals surface area contributed by atoms with Crippen molar-refractivity contribution in [3.8, 4) is 5.75 Å². The Balaban J connectivity index is 2.78. The van der Waals surface area contributed by atoms with Crippen LogP contribution in [0.2, 0.25) is 0 Å². The third kappa shape index (κ3) is 4.85. The number of carbonyl (C=O) groups excluding carboxylic acids is 1. The van der Waals surface area contributed by atoms with Gasteiger partial charge in [-0.25, -0.2) is 0 Å². The number of anilines is 1. The maximum atomic E-state index is 12.3. The minimum atomic E-state index is -0.170. The van der Waals surface area contributed by atoms with Gasteiger partial charge in [-0.15, -0.1) is 0 Å². The first-order valence-electron chi connectivity index (χ1n) is 6.92. The molecule has 0 bridgehead atoms. The zero-order valence-corrected chi connectivity index (χ0v) is 13.1. The summed E-state index contributed by atoms with van der Waals surface area (Å²) in [5, 5.41) is 2.96. The fourth-order valence-electron chi connectivity index (χ4n) is 2.16. The van der Waals surface area contributed by atoms with Crippen LogP contribution in [-0.4, -0.2) is 19.6 Å². The number of nitrogens with two attached hydrogens (primary N) is 1. The first-order chi connectivity index (χ1) is 9.26. The van der Waals surface area contributed by atoms with E-state index in [0.717, 1.165) is 23.4 Å². The lowest BCUT2D eigenvalue weighted by Gasteiger charge is -2.24. The molecule has 0 saturated heterocycles. The molecule has 1 aromatic rings. The molecule has 1 atom stereocenters. The van der Waals surface area contributed by atoms with Crippen LogP contribution in [0.1, 0.15) is 32.8 Å². The molecule has 0 heterocycles. The molecule has 0 aliphatic rings. The Labute approximate surface area is 121 Å². The Morgan fingerprint density at radius 3 is 2.50 bits per heavy atom. The van der Waals surface area contributed by atoms with Gasteiger partial charge in [-0.2, -0.15) is 0 Å². The van der Waals surface area contributed by atoms with Gasteiger partial charge in [0.15, 0.2) is 0 Å². The minimum absolute atomic E-state index is 0.0179. The summed E-state index contributed by atoms with van der Waals surface area (Å²) < 4.78 is 5.16. The van der Waals surface area contributed by atoms with E-state index in [4.69, 9.17) is 10.5 Å². The quantitative estimate of drug-likeness (QED) is 0.870. The molecule has 20 heavy (non-hydrogen) atoms. The summed E-state index contributed by atoms with van der Waals surface area (Å²) in [5.74, 6) is 0.595. The summed E-state index contributed by atoms with van der Waals surface area (Å²) in [4.78, 5) is 12.3. The van der Waals surface area contributed by atoms with E-state index >= 15 is 0 Å². The molecule has 1 aromatic carbocycles. The highest BCUT2D eigenvalue weighted by molar-refractivity contribution is 5.93. The average Bonchev–Trinajstić information content (AvgIpc) is 2.37. The van der Waals surface area contributed by atoms with E-state index in [-0.39, 0.29) is 17.2 Å². The van der Waals surface area contributed by atoms with Gasteiger partial charge in [0.1, 0.15) is 5.75 Å². The lowest BCUT2D eigenvalue weighted by Crippen LogP contribution is -2.32. The van der Waals surface area contributed by atoms with Crippen LogP contribution in [0, 0.1) is 18.3 Å². The summed E-state index contributed by atoms with van der Waals surface area (Å²) in [5.41, 5.74) is 7.60. The number of methoxy groups -OCH3 is 1. The lowest BCUT2D eigenvalue weighted by atomic mass is 9.84. The van der Waals surface area contributed by atoms with Gasteiger partial charge in [0, 0.05) is 12.2 Å². The number of benzene rings is 1. The van der Waals surface area contributed by atoms with E-state index in [1.807, 2.05) is 25.1 Å². The molecular weight excluding hydrogens is 252 g/mol. The van der Waals surface area contributed by atoms with E-state index in [2.05, 4.69) is 26.1 Å². The highest BCUT2D eigenvalue weighted by Gasteiger charge is 2.24. The molecule has 0 aromatic heterocycles. The second-order valence-electron chi connectivity index (χ2n) is 6.37. The Morgan fingerprint density at radius 2 is 2.05 bits per heavy atom. The molecule has 0 saturated carbocycles. The van der Waals surface area contributed by atoms with Gasteiger partial charge < -0.3 is 15.8 Å². The van der Waals surface area contributed by atoms with Crippen molar-refractivity contribution >= 4 is 11.6 Å². The molecule has 0 aliphatic carbocycles. The van der Waals surface area contributed by atoms with Gasteiger partial charge in [-0.1, -0.05) is 20.8 Å². The van der Waals surface area contributed by atoms with E-state index in [9.17, 15) is 4.79 Å². The Bertz CT molecular complexity index is 464. The van der Waals surface area contributed by atoms with Gasteiger partial charge in [0.05, 0.1) is 13.0 Å². The lowest BCUT2D eigenvalue weighted by molar-refractivity contribution is -0.120. The SMILES string of the molecule is COc1ccc(NC(=O)C(CN)CC(C)(C)C)c(C)c1. The van der Waals surface area contributed by atoms with Crippen LogP contribution in [0.3, 0.4) is 0 Å². The molecule has 1 rings (SSSR count). The minimum Gasteiger partial charge on any atom is -0.497 e. The third-order valence-corrected chi connectivity index (χ3v) is 3.21. The van der Waals surface area contributed by atoms with Gasteiger partial charge in [-0.3, -0.25) is 4.79 Å². The molecule has 4 heteroatoms. The van der Waals surface area contributed by atoms with Crippen molar-refractivity contribution in [3.63, 3.8) is 0 Å². The van der Waals surface area contributed by atoms with Crippen LogP contribution in [0.5, 0.6) is 5.75 Å². The molecule has 0 spiro atoms. The largest absolute Gasteiger partial charge is 0.497 e. The zero-order valence-electron chi connectivity index (χ0n) is 13.1. The number of aryl methyl sites for hydroxylation is 1. The number of hydrogen-bond acceptors (Lipinski definition) is 3. The highest BCUT2D eigenvalue weighted by Crippen LogP contribution is 2.26. The van der Waals surface area contributed by atoms with E-state index < -0.39 is 0 Å². The number of nitrogens with one attached hydrogen (secondary N) is 1. The molecule has 0 radical (unpaired) electrons. The van der Waals surface area contributed by atoms with Gasteiger partial charge in [0.25, 0.3) is 0 Å². The standard InChI is InChI=1S/C16H26N2O2/c1-11-8-13(20-5)6-7-14(11)18-15(19)12(10-17)9-16(2,3)4/h6-8,12H,9-10,17H2,1-5H3,(H,18,19). The zero-order chi connectivity index (χ0) is 15.3. The maximum absolute atomic E-state index is 12.3. The van der Waals surface area contributed by atoms with Crippen molar-refractivity contribution in [3.05, 3.63) is 23.8 Å². The van der Waals surface area contributed by atoms with Crippen molar-refractivity contribution in [2.24, 2.45) is 17.1 Å². The van der Waals surface area contributed by atoms with Crippen molar-refractivity contribution in [2.75, 3.05) is 19.0 Å². The van der Waals surface area contributed by atoms with Crippen molar-refractivity contribution < 1.29 is 9.53 Å². The molecule has 1 unspecified atom stereocenters. The predicted molar refractivity (Wildman–Crippen MR) is 83.0 cm³/mol. The molecule has 0 fully saturated rings. The fraction of sp³-hybridized carbons (Fsp3) is 0.562. The number of carbonyl (C=O) groups is 1. The second-order valence-corrected chi connectivity index (χ2v) is 6.37. The molecule has 3 N–H and O–H groups in total. The summed E-state index contributed by atoms with van der Waals surface area (Å²) in [7, 11) is 1.63. The second kappa shape index (κ2) is 6.75. The van der Waals surface area contributed by atoms with E-state index in [0.29, 0.717) is 6.54 Å². The Hall–Kier alpha value is -1.55. The first kappa shape index (κ1) is 16.5. The highest BCUT2D eigenvalue weighted by atomic mass is 16.5. The Kier molecular flexibility index (Phi) is 5.57. The van der Waals surface area contributed by atoms with Gasteiger partial charge in [-0.05, 0) is 42.5 Å². The van der Waals surface area contributed by atoms with Crippen molar-refractivity contribution in [1.82, 2.24) is 0 Å². The van der Waals surface area contributed by atoms with Gasteiger partial charge in [0.2, 0.25) is 5.91 Å². The topological polar surface area (TPSA) is 64.3 Å². The van der Waals surface area contributed by atoms with E-state index in [1.54, 1.807) is 7.11 Å². The van der Waals surface area contributed by atoms with Crippen LogP contribution >= 0.6 is 0 Å². The Morgan fingerprint density at radius 1 is 1.40 bits per heavy atom. The van der Waals surface area contributed by atoms with Crippen LogP contribution < -0.4 is 15.8 Å². The summed E-state index contributed by atoms with van der Waals surface area (Å²) in [6.45, 7) is 8.64. The molecule has 0 aliphatic heterocycles. The van der Waals surface area contributed by atoms with Gasteiger partial charge >= 0.3 is 0 Å². The molecular formula is C16H26N2O2.